The van der Waals surface area contributed by atoms with Crippen LogP contribution in [0.25, 0.3) is 11.2 Å². The van der Waals surface area contributed by atoms with Gasteiger partial charge >= 0.3 is 0 Å². The van der Waals surface area contributed by atoms with Gasteiger partial charge in [0.15, 0.2) is 17.0 Å². The predicted octanol–water partition coefficient (Wildman–Crippen LogP) is 3.94. The van der Waals surface area contributed by atoms with E-state index in [1.54, 1.807) is 12.4 Å². The number of nitrogens with one attached hydrogen (secondary N) is 1. The van der Waals surface area contributed by atoms with Crippen molar-refractivity contribution in [2.45, 2.75) is 64.5 Å². The van der Waals surface area contributed by atoms with Crippen LogP contribution in [0.2, 0.25) is 0 Å². The second-order valence-electron chi connectivity index (χ2n) is 11.2. The average Bonchev–Trinajstić information content (AvgIpc) is 3.14. The van der Waals surface area contributed by atoms with Crippen LogP contribution in [0, 0.1) is 17.7 Å². The summed E-state index contributed by atoms with van der Waals surface area (Å²) in [7, 11) is 0. The molecule has 0 bridgehead atoms. The molecule has 1 aromatic carbocycles. The first kappa shape index (κ1) is 25.2. The smallest absolute Gasteiger partial charge is 0.224 e. The second-order valence-corrected chi connectivity index (χ2v) is 11.2. The van der Waals surface area contributed by atoms with Gasteiger partial charge in [0.1, 0.15) is 18.0 Å². The van der Waals surface area contributed by atoms with Gasteiger partial charge in [-0.25, -0.2) is 19.3 Å². The van der Waals surface area contributed by atoms with Crippen molar-refractivity contribution in [3.8, 4) is 0 Å². The molecule has 6 rings (SSSR count). The van der Waals surface area contributed by atoms with Crippen LogP contribution in [0.4, 0.5) is 10.2 Å². The molecule has 0 aliphatic carbocycles. The zero-order valence-electron chi connectivity index (χ0n) is 22.1. The summed E-state index contributed by atoms with van der Waals surface area (Å²) in [6.07, 6.45) is 10.1. The molecule has 8 nitrogen and oxygen atoms in total. The molecular formula is C29H38FN7O. The summed E-state index contributed by atoms with van der Waals surface area (Å²) in [5.41, 5.74) is 2.57. The Bertz CT molecular complexity index is 1270. The largest absolute Gasteiger partial charge is 0.356 e. The number of hydrogen-bond acceptors (Lipinski definition) is 6. The van der Waals surface area contributed by atoms with E-state index in [9.17, 15) is 9.18 Å². The lowest BCUT2D eigenvalue weighted by molar-refractivity contribution is -0.125. The Balaban J connectivity index is 1.03. The molecule has 0 radical (unpaired) electrons. The molecule has 0 unspecified atom stereocenters. The van der Waals surface area contributed by atoms with Gasteiger partial charge in [-0.1, -0.05) is 24.6 Å². The third-order valence-electron chi connectivity index (χ3n) is 8.59. The molecule has 2 fully saturated rings. The van der Waals surface area contributed by atoms with E-state index in [2.05, 4.69) is 29.7 Å². The van der Waals surface area contributed by atoms with E-state index in [1.165, 1.54) is 18.9 Å². The van der Waals surface area contributed by atoms with Crippen molar-refractivity contribution in [2.75, 3.05) is 37.6 Å². The first-order valence-electron chi connectivity index (χ1n) is 14.3. The van der Waals surface area contributed by atoms with Gasteiger partial charge in [0, 0.05) is 44.7 Å². The molecule has 5 heterocycles. The standard InChI is InChI=1S/C29H38FN7O/c30-24-9-4-3-7-22(24)18-35-15-11-21(12-16-35)17-31-29(38)23-8-6-13-36(19-23)27-26-28(33-20-32-27)37-14-5-1-2-10-25(37)34-26/h3-4,7,9,20-21,23H,1-2,5-6,8,10-19H2,(H,31,38)/t23-/m1/s1. The molecule has 38 heavy (non-hydrogen) atoms. The van der Waals surface area contributed by atoms with Crippen LogP contribution in [0.15, 0.2) is 30.6 Å². The van der Waals surface area contributed by atoms with Crippen LogP contribution in [0.3, 0.4) is 0 Å². The molecule has 1 N–H and O–H groups in total. The number of fused-ring (bicyclic) bond motifs is 3. The Kier molecular flexibility index (Phi) is 7.53. The molecule has 0 saturated carbocycles. The maximum Gasteiger partial charge on any atom is 0.224 e. The summed E-state index contributed by atoms with van der Waals surface area (Å²) in [5.74, 6) is 2.43. The van der Waals surface area contributed by atoms with Gasteiger partial charge in [-0.05, 0) is 63.6 Å². The highest BCUT2D eigenvalue weighted by molar-refractivity contribution is 5.85. The van der Waals surface area contributed by atoms with E-state index in [1.807, 2.05) is 12.1 Å². The first-order chi connectivity index (χ1) is 18.7. The Morgan fingerprint density at radius 3 is 2.74 bits per heavy atom. The van der Waals surface area contributed by atoms with Crippen LogP contribution in [-0.4, -0.2) is 63.0 Å². The van der Waals surface area contributed by atoms with Crippen molar-refractivity contribution in [2.24, 2.45) is 11.8 Å². The van der Waals surface area contributed by atoms with Crippen molar-refractivity contribution >= 4 is 22.9 Å². The van der Waals surface area contributed by atoms with Crippen molar-refractivity contribution in [1.82, 2.24) is 29.7 Å². The lowest BCUT2D eigenvalue weighted by Crippen LogP contribution is -2.45. The van der Waals surface area contributed by atoms with Gasteiger partial charge in [0.2, 0.25) is 5.91 Å². The van der Waals surface area contributed by atoms with Gasteiger partial charge in [0.05, 0.1) is 5.92 Å². The lowest BCUT2D eigenvalue weighted by atomic mass is 9.94. The Labute approximate surface area is 223 Å². The number of nitrogens with zero attached hydrogens (tertiary/aromatic N) is 6. The van der Waals surface area contributed by atoms with E-state index < -0.39 is 0 Å². The molecule has 0 spiro atoms. The van der Waals surface area contributed by atoms with E-state index in [0.717, 1.165) is 93.1 Å². The van der Waals surface area contributed by atoms with Crippen LogP contribution in [0.1, 0.15) is 56.3 Å². The Morgan fingerprint density at radius 2 is 1.87 bits per heavy atom. The predicted molar refractivity (Wildman–Crippen MR) is 145 cm³/mol. The number of aryl methyl sites for hydroxylation is 2. The summed E-state index contributed by atoms with van der Waals surface area (Å²) < 4.78 is 16.3. The molecule has 1 atom stereocenters. The molecule has 3 aliphatic heterocycles. The number of carbonyl (C=O) groups excluding carboxylic acids is 1. The number of rotatable bonds is 6. The maximum absolute atomic E-state index is 14.0. The van der Waals surface area contributed by atoms with Crippen LogP contribution in [0.5, 0.6) is 0 Å². The number of benzene rings is 1. The number of likely N-dealkylation sites (tertiary alicyclic amines) is 1. The zero-order chi connectivity index (χ0) is 25.9. The SMILES string of the molecule is O=C(NCC1CCN(Cc2ccccc2F)CC1)[C@@H]1CCCN(c2ncnc3c2nc2n3CCCCC2)C1. The molecule has 2 saturated heterocycles. The normalized spacial score (nSPS) is 21.3. The number of amides is 1. The Hall–Kier alpha value is -3.07. The third kappa shape index (κ3) is 5.39. The number of anilines is 1. The fraction of sp³-hybridized carbons (Fsp3) is 0.586. The summed E-state index contributed by atoms with van der Waals surface area (Å²) in [4.78, 5) is 31.9. The van der Waals surface area contributed by atoms with E-state index >= 15 is 0 Å². The summed E-state index contributed by atoms with van der Waals surface area (Å²) in [6.45, 7) is 5.76. The average molecular weight is 520 g/mol. The fourth-order valence-corrected chi connectivity index (χ4v) is 6.35. The van der Waals surface area contributed by atoms with Crippen molar-refractivity contribution in [3.05, 3.63) is 47.8 Å². The lowest BCUT2D eigenvalue weighted by Gasteiger charge is -2.34. The van der Waals surface area contributed by atoms with E-state index in [-0.39, 0.29) is 17.6 Å². The molecule has 202 valence electrons. The van der Waals surface area contributed by atoms with Gasteiger partial charge in [-0.2, -0.15) is 0 Å². The summed E-state index contributed by atoms with van der Waals surface area (Å²) in [6, 6.07) is 7.02. The molecule has 3 aromatic rings. The van der Waals surface area contributed by atoms with Gasteiger partial charge in [0.25, 0.3) is 0 Å². The number of carbonyl (C=O) groups is 1. The van der Waals surface area contributed by atoms with Crippen LogP contribution >= 0.6 is 0 Å². The van der Waals surface area contributed by atoms with Gasteiger partial charge in [-0.3, -0.25) is 9.69 Å². The van der Waals surface area contributed by atoms with Crippen LogP contribution < -0.4 is 10.2 Å². The summed E-state index contributed by atoms with van der Waals surface area (Å²) >= 11 is 0. The monoisotopic (exact) mass is 519 g/mol. The van der Waals surface area contributed by atoms with Crippen molar-refractivity contribution < 1.29 is 9.18 Å². The maximum atomic E-state index is 14.0. The fourth-order valence-electron chi connectivity index (χ4n) is 6.35. The number of hydrogen-bond donors (Lipinski definition) is 1. The number of piperidine rings is 2. The zero-order valence-corrected chi connectivity index (χ0v) is 22.1. The second kappa shape index (κ2) is 11.4. The molecule has 3 aliphatic rings. The van der Waals surface area contributed by atoms with Crippen molar-refractivity contribution in [1.29, 1.82) is 0 Å². The van der Waals surface area contributed by atoms with E-state index in [0.29, 0.717) is 25.6 Å². The van der Waals surface area contributed by atoms with Crippen LogP contribution in [-0.2, 0) is 24.3 Å². The molecule has 1 amide bonds. The number of imidazole rings is 1. The minimum absolute atomic E-state index is 0.0460. The minimum atomic E-state index is -0.130. The highest BCUT2D eigenvalue weighted by Gasteiger charge is 2.30. The highest BCUT2D eigenvalue weighted by atomic mass is 19.1. The van der Waals surface area contributed by atoms with Gasteiger partial charge < -0.3 is 14.8 Å². The molecule has 2 aromatic heterocycles. The minimum Gasteiger partial charge on any atom is -0.356 e. The quantitative estimate of drug-likeness (QED) is 0.532. The van der Waals surface area contributed by atoms with Gasteiger partial charge in [-0.15, -0.1) is 0 Å². The van der Waals surface area contributed by atoms with Crippen molar-refractivity contribution in [3.63, 3.8) is 0 Å². The molecule has 9 heteroatoms. The third-order valence-corrected chi connectivity index (χ3v) is 8.59. The van der Waals surface area contributed by atoms with E-state index in [4.69, 9.17) is 4.98 Å². The Morgan fingerprint density at radius 1 is 1.00 bits per heavy atom. The highest BCUT2D eigenvalue weighted by Crippen LogP contribution is 2.29. The topological polar surface area (TPSA) is 79.2 Å². The number of aromatic nitrogens is 4. The summed E-state index contributed by atoms with van der Waals surface area (Å²) in [5, 5.41) is 3.26. The first-order valence-corrected chi connectivity index (χ1v) is 14.3. The molecular weight excluding hydrogens is 481 g/mol. The number of halogens is 1.